The lowest BCUT2D eigenvalue weighted by molar-refractivity contribution is 0.0671. The van der Waals surface area contributed by atoms with E-state index in [0.29, 0.717) is 30.3 Å². The molecule has 1 atom stereocenters. The van der Waals surface area contributed by atoms with Crippen molar-refractivity contribution < 1.29 is 18.7 Å². The Morgan fingerprint density at radius 3 is 2.76 bits per heavy atom. The molecule has 0 aliphatic carbocycles. The minimum Gasteiger partial charge on any atom is -0.493 e. The number of aromatic nitrogens is 3. The van der Waals surface area contributed by atoms with Crippen molar-refractivity contribution in [1.29, 1.82) is 0 Å². The topological polar surface area (TPSA) is 82.1 Å². The van der Waals surface area contributed by atoms with E-state index in [-0.39, 0.29) is 11.8 Å². The third-order valence-corrected chi connectivity index (χ3v) is 6.09. The average molecular weight is 447 g/mol. The number of hydrogen-bond donors (Lipinski definition) is 0. The lowest BCUT2D eigenvalue weighted by atomic mass is 9.97. The molecule has 8 heteroatoms. The van der Waals surface area contributed by atoms with Gasteiger partial charge < -0.3 is 18.8 Å². The number of carbonyl (C=O) groups excluding carboxylic acids is 1. The van der Waals surface area contributed by atoms with Crippen molar-refractivity contribution in [3.05, 3.63) is 66.0 Å². The third kappa shape index (κ3) is 3.92. The van der Waals surface area contributed by atoms with Gasteiger partial charge in [-0.25, -0.2) is 9.50 Å². The van der Waals surface area contributed by atoms with Crippen LogP contribution in [0.1, 0.15) is 40.9 Å². The number of rotatable bonds is 5. The Morgan fingerprint density at radius 1 is 1.12 bits per heavy atom. The highest BCUT2D eigenvalue weighted by Crippen LogP contribution is 2.37. The van der Waals surface area contributed by atoms with E-state index in [0.717, 1.165) is 41.2 Å². The predicted molar refractivity (Wildman–Crippen MR) is 123 cm³/mol. The van der Waals surface area contributed by atoms with Crippen molar-refractivity contribution in [3.63, 3.8) is 0 Å². The molecule has 8 nitrogen and oxygen atoms in total. The van der Waals surface area contributed by atoms with Crippen LogP contribution in [0.4, 0.5) is 0 Å². The maximum atomic E-state index is 12.8. The van der Waals surface area contributed by atoms with E-state index in [1.54, 1.807) is 24.8 Å². The maximum Gasteiger partial charge on any atom is 0.289 e. The largest absolute Gasteiger partial charge is 0.493 e. The van der Waals surface area contributed by atoms with Gasteiger partial charge in [0.1, 0.15) is 5.76 Å². The van der Waals surface area contributed by atoms with Crippen molar-refractivity contribution >= 4 is 11.6 Å². The number of nitrogens with zero attached hydrogens (tertiary/aromatic N) is 4. The maximum absolute atomic E-state index is 12.8. The van der Waals surface area contributed by atoms with Gasteiger partial charge in [-0.15, -0.1) is 0 Å². The normalized spacial score (nSPS) is 16.2. The fraction of sp³-hybridized carbons (Fsp3) is 0.320. The summed E-state index contributed by atoms with van der Waals surface area (Å²) in [4.78, 5) is 19.4. The van der Waals surface area contributed by atoms with E-state index in [1.807, 2.05) is 54.4 Å². The molecule has 1 amide bonds. The fourth-order valence-corrected chi connectivity index (χ4v) is 4.42. The molecule has 1 aliphatic heterocycles. The van der Waals surface area contributed by atoms with Crippen molar-refractivity contribution in [3.8, 4) is 22.6 Å². The molecule has 1 fully saturated rings. The summed E-state index contributed by atoms with van der Waals surface area (Å²) in [5.74, 6) is 3.21. The molecule has 1 aromatic carbocycles. The average Bonchev–Trinajstić information content (AvgIpc) is 3.48. The number of benzene rings is 1. The van der Waals surface area contributed by atoms with Gasteiger partial charge in [0, 0.05) is 36.3 Å². The standard InChI is InChI=1S/C25H26N4O4/c1-16-9-11-21(33-16)25(30)28-13-5-6-18(14-28)24-26-22-12-10-17(15-29(22)27-24)19-7-4-8-20(31-2)23(19)32-3/h4,7-12,15,18H,5-6,13-14H2,1-3H3/t18-/m0/s1. The number of carbonyl (C=O) groups is 1. The number of furan rings is 1. The second kappa shape index (κ2) is 8.61. The van der Waals surface area contributed by atoms with Gasteiger partial charge in [0.05, 0.1) is 14.2 Å². The highest BCUT2D eigenvalue weighted by atomic mass is 16.5. The monoisotopic (exact) mass is 446 g/mol. The van der Waals surface area contributed by atoms with E-state index in [1.165, 1.54) is 0 Å². The molecular weight excluding hydrogens is 420 g/mol. The molecule has 5 rings (SSSR count). The van der Waals surface area contributed by atoms with Crippen LogP contribution in [0, 0.1) is 6.92 Å². The van der Waals surface area contributed by atoms with Crippen LogP contribution in [-0.4, -0.2) is 52.7 Å². The first-order valence-electron chi connectivity index (χ1n) is 11.0. The Hall–Kier alpha value is -3.81. The van der Waals surface area contributed by atoms with Gasteiger partial charge in [-0.1, -0.05) is 12.1 Å². The van der Waals surface area contributed by atoms with Gasteiger partial charge in [-0.05, 0) is 50.1 Å². The molecule has 1 saturated heterocycles. The molecule has 4 aromatic rings. The number of piperidine rings is 1. The molecular formula is C25H26N4O4. The molecule has 170 valence electrons. The van der Waals surface area contributed by atoms with Gasteiger partial charge in [0.2, 0.25) is 0 Å². The van der Waals surface area contributed by atoms with E-state index in [9.17, 15) is 4.79 Å². The Balaban J connectivity index is 1.42. The van der Waals surface area contributed by atoms with Gasteiger partial charge in [0.25, 0.3) is 5.91 Å². The lowest BCUT2D eigenvalue weighted by Crippen LogP contribution is -2.39. The highest BCUT2D eigenvalue weighted by molar-refractivity contribution is 5.91. The number of hydrogen-bond acceptors (Lipinski definition) is 6. The first kappa shape index (κ1) is 21.1. The summed E-state index contributed by atoms with van der Waals surface area (Å²) < 4.78 is 18.3. The quantitative estimate of drug-likeness (QED) is 0.454. The molecule has 0 spiro atoms. The van der Waals surface area contributed by atoms with Crippen LogP contribution in [0.5, 0.6) is 11.5 Å². The lowest BCUT2D eigenvalue weighted by Gasteiger charge is -2.30. The van der Waals surface area contributed by atoms with Crippen LogP contribution in [0.2, 0.25) is 0 Å². The van der Waals surface area contributed by atoms with Gasteiger partial charge in [-0.2, -0.15) is 5.10 Å². The summed E-state index contributed by atoms with van der Waals surface area (Å²) in [5, 5.41) is 4.76. The van der Waals surface area contributed by atoms with Crippen LogP contribution in [0.25, 0.3) is 16.8 Å². The molecule has 1 aliphatic rings. The molecule has 0 radical (unpaired) electrons. The zero-order valence-electron chi connectivity index (χ0n) is 18.9. The molecule has 0 N–H and O–H groups in total. The number of aryl methyl sites for hydroxylation is 1. The van der Waals surface area contributed by atoms with Gasteiger partial charge in [-0.3, -0.25) is 4.79 Å². The number of amides is 1. The van der Waals surface area contributed by atoms with Crippen molar-refractivity contribution in [1.82, 2.24) is 19.5 Å². The second-order valence-corrected chi connectivity index (χ2v) is 8.23. The Morgan fingerprint density at radius 2 is 2.00 bits per heavy atom. The molecule has 0 bridgehead atoms. The van der Waals surface area contributed by atoms with Crippen LogP contribution in [0.3, 0.4) is 0 Å². The van der Waals surface area contributed by atoms with Gasteiger partial charge >= 0.3 is 0 Å². The number of pyridine rings is 1. The summed E-state index contributed by atoms with van der Waals surface area (Å²) in [7, 11) is 3.26. The predicted octanol–water partition coefficient (Wildman–Crippen LogP) is 4.33. The zero-order valence-corrected chi connectivity index (χ0v) is 18.9. The van der Waals surface area contributed by atoms with E-state index < -0.39 is 0 Å². The van der Waals surface area contributed by atoms with Crippen molar-refractivity contribution in [2.45, 2.75) is 25.7 Å². The van der Waals surface area contributed by atoms with Gasteiger partial charge in [0.15, 0.2) is 28.7 Å². The first-order chi connectivity index (χ1) is 16.1. The van der Waals surface area contributed by atoms with Crippen LogP contribution < -0.4 is 9.47 Å². The second-order valence-electron chi connectivity index (χ2n) is 8.23. The minimum atomic E-state index is -0.0797. The summed E-state index contributed by atoms with van der Waals surface area (Å²) in [6.07, 6.45) is 3.78. The van der Waals surface area contributed by atoms with Crippen LogP contribution in [0.15, 0.2) is 53.1 Å². The van der Waals surface area contributed by atoms with E-state index >= 15 is 0 Å². The number of methoxy groups -OCH3 is 2. The molecule has 0 unspecified atom stereocenters. The highest BCUT2D eigenvalue weighted by Gasteiger charge is 2.29. The van der Waals surface area contributed by atoms with E-state index in [2.05, 4.69) is 0 Å². The zero-order chi connectivity index (χ0) is 22.9. The smallest absolute Gasteiger partial charge is 0.289 e. The Labute approximate surface area is 191 Å². The SMILES string of the molecule is COc1cccc(-c2ccc3nc([C@H]4CCCN(C(=O)c5ccc(C)o5)C4)nn3c2)c1OC. The summed E-state index contributed by atoms with van der Waals surface area (Å²) >= 11 is 0. The minimum absolute atomic E-state index is 0.0773. The summed E-state index contributed by atoms with van der Waals surface area (Å²) in [5.41, 5.74) is 2.63. The number of para-hydroxylation sites is 1. The third-order valence-electron chi connectivity index (χ3n) is 6.09. The number of likely N-dealkylation sites (tertiary alicyclic amines) is 1. The molecule has 33 heavy (non-hydrogen) atoms. The summed E-state index contributed by atoms with van der Waals surface area (Å²) in [6.45, 7) is 3.13. The molecule has 3 aromatic heterocycles. The van der Waals surface area contributed by atoms with Crippen molar-refractivity contribution in [2.24, 2.45) is 0 Å². The van der Waals surface area contributed by atoms with Crippen LogP contribution >= 0.6 is 0 Å². The summed E-state index contributed by atoms with van der Waals surface area (Å²) in [6, 6.07) is 13.3. The number of ether oxygens (including phenoxy) is 2. The van der Waals surface area contributed by atoms with E-state index in [4.69, 9.17) is 24.0 Å². The Bertz CT molecular complexity index is 1310. The van der Waals surface area contributed by atoms with Crippen LogP contribution in [-0.2, 0) is 0 Å². The number of fused-ring (bicyclic) bond motifs is 1. The Kier molecular flexibility index (Phi) is 5.50. The molecule has 4 heterocycles. The molecule has 0 saturated carbocycles. The first-order valence-corrected chi connectivity index (χ1v) is 11.0. The van der Waals surface area contributed by atoms with Crippen molar-refractivity contribution in [2.75, 3.05) is 27.3 Å². The fourth-order valence-electron chi connectivity index (χ4n) is 4.42.